The summed E-state index contributed by atoms with van der Waals surface area (Å²) in [6.45, 7) is 1.91. The summed E-state index contributed by atoms with van der Waals surface area (Å²) in [6, 6.07) is 6.46. The number of carbonyl (C=O) groups excluding carboxylic acids is 2. The minimum absolute atomic E-state index is 0.142. The topological polar surface area (TPSA) is 95.5 Å². The quantitative estimate of drug-likeness (QED) is 0.645. The molecule has 2 rings (SSSR count). The summed E-state index contributed by atoms with van der Waals surface area (Å²) in [4.78, 5) is 36.2. The molecule has 1 fully saturated rings. The SMILES string of the molecule is CSCCC(NC(=O)c1cccc(C)c1)C(=O)N[C@@H]1CC[C@H](C(=O)O)C1. The van der Waals surface area contributed by atoms with Gasteiger partial charge in [0.05, 0.1) is 5.92 Å². The van der Waals surface area contributed by atoms with Gasteiger partial charge in [0, 0.05) is 11.6 Å². The minimum Gasteiger partial charge on any atom is -0.481 e. The number of aliphatic carboxylic acids is 1. The van der Waals surface area contributed by atoms with Gasteiger partial charge in [-0.3, -0.25) is 14.4 Å². The zero-order chi connectivity index (χ0) is 19.1. The lowest BCUT2D eigenvalue weighted by Gasteiger charge is -2.21. The Hall–Kier alpha value is -2.02. The van der Waals surface area contributed by atoms with E-state index in [0.717, 1.165) is 11.3 Å². The standard InChI is InChI=1S/C19H26N2O4S/c1-12-4-3-5-13(10-12)17(22)21-16(8-9-26-2)18(23)20-15-7-6-14(11-15)19(24)25/h3-5,10,14-16H,6-9,11H2,1-2H3,(H,20,23)(H,21,22)(H,24,25)/t14-,15+,16?/m0/s1. The zero-order valence-corrected chi connectivity index (χ0v) is 16.0. The van der Waals surface area contributed by atoms with Gasteiger partial charge in [0.25, 0.3) is 5.91 Å². The molecule has 26 heavy (non-hydrogen) atoms. The number of carbonyl (C=O) groups is 3. The van der Waals surface area contributed by atoms with Crippen molar-refractivity contribution in [3.05, 3.63) is 35.4 Å². The molecule has 7 heteroatoms. The molecule has 1 unspecified atom stereocenters. The number of rotatable bonds is 8. The predicted molar refractivity (Wildman–Crippen MR) is 102 cm³/mol. The third kappa shape index (κ3) is 5.76. The molecule has 1 aromatic rings. The van der Waals surface area contributed by atoms with Crippen molar-refractivity contribution in [1.29, 1.82) is 0 Å². The van der Waals surface area contributed by atoms with Crippen molar-refractivity contribution < 1.29 is 19.5 Å². The number of thioether (sulfide) groups is 1. The first-order chi connectivity index (χ1) is 12.4. The van der Waals surface area contributed by atoms with Crippen LogP contribution in [0.3, 0.4) is 0 Å². The van der Waals surface area contributed by atoms with E-state index in [1.54, 1.807) is 23.9 Å². The van der Waals surface area contributed by atoms with Crippen LogP contribution in [0, 0.1) is 12.8 Å². The predicted octanol–water partition coefficient (Wildman–Crippen LogP) is 2.22. The molecule has 0 spiro atoms. The van der Waals surface area contributed by atoms with E-state index in [2.05, 4.69) is 10.6 Å². The normalized spacial score (nSPS) is 20.4. The smallest absolute Gasteiger partial charge is 0.306 e. The molecular formula is C19H26N2O4S. The Labute approximate surface area is 158 Å². The molecule has 0 heterocycles. The van der Waals surface area contributed by atoms with E-state index in [4.69, 9.17) is 5.11 Å². The molecule has 0 bridgehead atoms. The van der Waals surface area contributed by atoms with Crippen molar-refractivity contribution in [3.63, 3.8) is 0 Å². The van der Waals surface area contributed by atoms with Crippen LogP contribution in [0.25, 0.3) is 0 Å². The molecule has 6 nitrogen and oxygen atoms in total. The van der Waals surface area contributed by atoms with Crippen LogP contribution in [0.2, 0.25) is 0 Å². The van der Waals surface area contributed by atoms with Crippen molar-refractivity contribution in [1.82, 2.24) is 10.6 Å². The molecule has 1 saturated carbocycles. The van der Waals surface area contributed by atoms with Crippen LogP contribution in [0.5, 0.6) is 0 Å². The third-order valence-electron chi connectivity index (χ3n) is 4.64. The fourth-order valence-corrected chi connectivity index (χ4v) is 3.64. The van der Waals surface area contributed by atoms with Gasteiger partial charge in [-0.05, 0) is 56.7 Å². The van der Waals surface area contributed by atoms with E-state index in [1.807, 2.05) is 25.3 Å². The third-order valence-corrected chi connectivity index (χ3v) is 5.28. The Morgan fingerprint density at radius 2 is 2.08 bits per heavy atom. The van der Waals surface area contributed by atoms with E-state index in [0.29, 0.717) is 31.2 Å². The lowest BCUT2D eigenvalue weighted by molar-refractivity contribution is -0.141. The molecule has 0 radical (unpaired) electrons. The van der Waals surface area contributed by atoms with Crippen LogP contribution in [0.1, 0.15) is 41.6 Å². The number of aryl methyl sites for hydroxylation is 1. The van der Waals surface area contributed by atoms with Crippen LogP contribution in [-0.4, -0.2) is 47.0 Å². The Balaban J connectivity index is 1.98. The number of amides is 2. The van der Waals surface area contributed by atoms with E-state index < -0.39 is 17.9 Å². The molecule has 0 saturated heterocycles. The number of hydrogen-bond donors (Lipinski definition) is 3. The second-order valence-electron chi connectivity index (χ2n) is 6.73. The Morgan fingerprint density at radius 3 is 2.69 bits per heavy atom. The average Bonchev–Trinajstić information content (AvgIpc) is 3.07. The lowest BCUT2D eigenvalue weighted by Crippen LogP contribution is -2.49. The van der Waals surface area contributed by atoms with Crippen LogP contribution < -0.4 is 10.6 Å². The molecular weight excluding hydrogens is 352 g/mol. The highest BCUT2D eigenvalue weighted by Gasteiger charge is 2.32. The molecule has 1 aromatic carbocycles. The fraction of sp³-hybridized carbons (Fsp3) is 0.526. The summed E-state index contributed by atoms with van der Waals surface area (Å²) >= 11 is 1.61. The first-order valence-corrected chi connectivity index (χ1v) is 10.2. The van der Waals surface area contributed by atoms with Crippen molar-refractivity contribution in [2.75, 3.05) is 12.0 Å². The largest absolute Gasteiger partial charge is 0.481 e. The van der Waals surface area contributed by atoms with Gasteiger partial charge in [-0.25, -0.2) is 0 Å². The van der Waals surface area contributed by atoms with Gasteiger partial charge in [0.15, 0.2) is 0 Å². The molecule has 0 aliphatic heterocycles. The van der Waals surface area contributed by atoms with E-state index in [-0.39, 0.29) is 17.9 Å². The van der Waals surface area contributed by atoms with E-state index in [1.165, 1.54) is 0 Å². The summed E-state index contributed by atoms with van der Waals surface area (Å²) in [5, 5.41) is 14.8. The highest BCUT2D eigenvalue weighted by molar-refractivity contribution is 7.98. The molecule has 142 valence electrons. The average molecular weight is 378 g/mol. The van der Waals surface area contributed by atoms with Crippen molar-refractivity contribution in [2.45, 2.75) is 44.7 Å². The molecule has 0 aromatic heterocycles. The second-order valence-corrected chi connectivity index (χ2v) is 7.72. The van der Waals surface area contributed by atoms with Gasteiger partial charge < -0.3 is 15.7 Å². The van der Waals surface area contributed by atoms with E-state index in [9.17, 15) is 14.4 Å². The van der Waals surface area contributed by atoms with Gasteiger partial charge in [0.2, 0.25) is 5.91 Å². The Bertz CT molecular complexity index is 665. The summed E-state index contributed by atoms with van der Waals surface area (Å²) in [5.74, 6) is -0.977. The van der Waals surface area contributed by atoms with Crippen LogP contribution in [-0.2, 0) is 9.59 Å². The zero-order valence-electron chi connectivity index (χ0n) is 15.2. The minimum atomic E-state index is -0.812. The number of carboxylic acids is 1. The number of carboxylic acid groups (broad SMARTS) is 1. The van der Waals surface area contributed by atoms with Crippen LogP contribution >= 0.6 is 11.8 Å². The van der Waals surface area contributed by atoms with E-state index >= 15 is 0 Å². The number of hydrogen-bond acceptors (Lipinski definition) is 4. The molecule has 3 atom stereocenters. The molecule has 2 amide bonds. The van der Waals surface area contributed by atoms with Gasteiger partial charge in [0.1, 0.15) is 6.04 Å². The summed E-state index contributed by atoms with van der Waals surface area (Å²) in [6.07, 6.45) is 4.16. The van der Waals surface area contributed by atoms with Gasteiger partial charge in [-0.2, -0.15) is 11.8 Å². The Kier molecular flexibility index (Phi) is 7.50. The van der Waals surface area contributed by atoms with Crippen molar-refractivity contribution in [2.24, 2.45) is 5.92 Å². The molecule has 3 N–H and O–H groups in total. The lowest BCUT2D eigenvalue weighted by atomic mass is 10.1. The monoisotopic (exact) mass is 378 g/mol. The van der Waals surface area contributed by atoms with Crippen LogP contribution in [0.4, 0.5) is 0 Å². The molecule has 1 aliphatic carbocycles. The summed E-state index contributed by atoms with van der Waals surface area (Å²) in [7, 11) is 0. The Morgan fingerprint density at radius 1 is 1.31 bits per heavy atom. The number of nitrogens with one attached hydrogen (secondary N) is 2. The highest BCUT2D eigenvalue weighted by atomic mass is 32.2. The fourth-order valence-electron chi connectivity index (χ4n) is 3.17. The number of benzene rings is 1. The highest BCUT2D eigenvalue weighted by Crippen LogP contribution is 2.25. The maximum Gasteiger partial charge on any atom is 0.306 e. The first-order valence-electron chi connectivity index (χ1n) is 8.80. The van der Waals surface area contributed by atoms with Gasteiger partial charge in [-0.1, -0.05) is 17.7 Å². The maximum absolute atomic E-state index is 12.6. The van der Waals surface area contributed by atoms with Crippen molar-refractivity contribution in [3.8, 4) is 0 Å². The van der Waals surface area contributed by atoms with Gasteiger partial charge >= 0.3 is 5.97 Å². The molecule has 1 aliphatic rings. The van der Waals surface area contributed by atoms with Crippen LogP contribution in [0.15, 0.2) is 24.3 Å². The van der Waals surface area contributed by atoms with Crippen molar-refractivity contribution >= 4 is 29.5 Å². The second kappa shape index (κ2) is 9.62. The summed E-state index contributed by atoms with van der Waals surface area (Å²) in [5.41, 5.74) is 1.51. The maximum atomic E-state index is 12.6. The van der Waals surface area contributed by atoms with Gasteiger partial charge in [-0.15, -0.1) is 0 Å². The first kappa shape index (κ1) is 20.3. The summed E-state index contributed by atoms with van der Waals surface area (Å²) < 4.78 is 0.